The quantitative estimate of drug-likeness (QED) is 0.480. The molecule has 0 radical (unpaired) electrons. The van der Waals surface area contributed by atoms with E-state index in [1.165, 1.54) is 11.3 Å². The predicted molar refractivity (Wildman–Crippen MR) is 116 cm³/mol. The average molecular weight is 482 g/mol. The lowest BCUT2D eigenvalue weighted by molar-refractivity contribution is 0.0917. The van der Waals surface area contributed by atoms with Gasteiger partial charge in [0.05, 0.1) is 40.6 Å². The van der Waals surface area contributed by atoms with Gasteiger partial charge in [-0.2, -0.15) is 0 Å². The highest BCUT2D eigenvalue weighted by atomic mass is 79.9. The van der Waals surface area contributed by atoms with E-state index in [-0.39, 0.29) is 12.0 Å². The molecule has 0 bridgehead atoms. The molecule has 0 N–H and O–H groups in total. The van der Waals surface area contributed by atoms with Crippen LogP contribution in [-0.4, -0.2) is 37.3 Å². The Morgan fingerprint density at radius 3 is 3.00 bits per heavy atom. The van der Waals surface area contributed by atoms with Crippen molar-refractivity contribution in [2.24, 2.45) is 0 Å². The van der Waals surface area contributed by atoms with E-state index in [4.69, 9.17) is 26.1 Å². The molecule has 1 amide bonds. The maximum Gasteiger partial charge on any atom is 0.261 e. The van der Waals surface area contributed by atoms with Gasteiger partial charge in [0.2, 0.25) is 0 Å². The number of thiazole rings is 1. The van der Waals surface area contributed by atoms with E-state index in [2.05, 4.69) is 15.9 Å². The van der Waals surface area contributed by atoms with Crippen LogP contribution in [0.15, 0.2) is 40.9 Å². The number of rotatable bonds is 5. The number of methoxy groups -OCH3 is 1. The molecule has 0 spiro atoms. The molecule has 146 valence electrons. The number of anilines is 1. The number of aromatic nitrogens is 1. The zero-order valence-corrected chi connectivity index (χ0v) is 18.3. The molecule has 5 nitrogen and oxygen atoms in total. The molecule has 1 aromatic heterocycles. The van der Waals surface area contributed by atoms with Gasteiger partial charge < -0.3 is 9.47 Å². The van der Waals surface area contributed by atoms with Gasteiger partial charge in [-0.3, -0.25) is 9.69 Å². The van der Waals surface area contributed by atoms with Gasteiger partial charge in [0.15, 0.2) is 5.13 Å². The van der Waals surface area contributed by atoms with Gasteiger partial charge in [0, 0.05) is 17.1 Å². The zero-order valence-electron chi connectivity index (χ0n) is 15.2. The molecule has 1 aliphatic rings. The van der Waals surface area contributed by atoms with Crippen LogP contribution in [0, 0.1) is 0 Å². The zero-order chi connectivity index (χ0) is 19.7. The molecule has 1 saturated heterocycles. The Morgan fingerprint density at radius 1 is 1.39 bits per heavy atom. The summed E-state index contributed by atoms with van der Waals surface area (Å²) in [4.78, 5) is 19.8. The van der Waals surface area contributed by atoms with Gasteiger partial charge in [-0.25, -0.2) is 4.98 Å². The van der Waals surface area contributed by atoms with Crippen LogP contribution in [-0.2, 0) is 4.74 Å². The molecule has 2 aromatic carbocycles. The second kappa shape index (κ2) is 8.37. The van der Waals surface area contributed by atoms with Crippen LogP contribution in [0.2, 0.25) is 5.02 Å². The van der Waals surface area contributed by atoms with Crippen molar-refractivity contribution in [2.45, 2.75) is 18.9 Å². The SMILES string of the molecule is COc1ccc2sc(N(CC3CCCO3)C(=O)c3cc(Br)ccc3Cl)nc2c1. The van der Waals surface area contributed by atoms with Gasteiger partial charge in [0.25, 0.3) is 5.91 Å². The summed E-state index contributed by atoms with van der Waals surface area (Å²) in [6, 6.07) is 11.0. The monoisotopic (exact) mass is 480 g/mol. The van der Waals surface area contributed by atoms with Gasteiger partial charge in [-0.15, -0.1) is 0 Å². The average Bonchev–Trinajstić information content (AvgIpc) is 3.36. The maximum absolute atomic E-state index is 13.4. The molecular formula is C20H18BrClN2O3S. The van der Waals surface area contributed by atoms with E-state index < -0.39 is 0 Å². The molecule has 28 heavy (non-hydrogen) atoms. The van der Waals surface area contributed by atoms with Gasteiger partial charge >= 0.3 is 0 Å². The first-order valence-corrected chi connectivity index (χ1v) is 10.9. The van der Waals surface area contributed by atoms with Gasteiger partial charge in [0.1, 0.15) is 5.75 Å². The summed E-state index contributed by atoms with van der Waals surface area (Å²) in [5.41, 5.74) is 1.23. The third-order valence-electron chi connectivity index (χ3n) is 4.63. The van der Waals surface area contributed by atoms with E-state index in [1.807, 2.05) is 24.3 Å². The summed E-state index contributed by atoms with van der Waals surface area (Å²) in [6.07, 6.45) is 1.92. The van der Waals surface area contributed by atoms with Gasteiger partial charge in [-0.1, -0.05) is 38.9 Å². The van der Waals surface area contributed by atoms with Crippen LogP contribution < -0.4 is 9.64 Å². The number of carbonyl (C=O) groups excluding carboxylic acids is 1. The van der Waals surface area contributed by atoms with E-state index in [9.17, 15) is 4.79 Å². The number of ether oxygens (including phenoxy) is 2. The first kappa shape index (κ1) is 19.6. The van der Waals surface area contributed by atoms with Crippen molar-refractivity contribution in [2.75, 3.05) is 25.2 Å². The number of benzene rings is 2. The Labute approximate surface area is 180 Å². The summed E-state index contributed by atoms with van der Waals surface area (Å²) in [7, 11) is 1.62. The van der Waals surface area contributed by atoms with Crippen molar-refractivity contribution in [3.05, 3.63) is 51.5 Å². The Hall–Kier alpha value is -1.67. The molecule has 0 aliphatic carbocycles. The molecule has 8 heteroatoms. The van der Waals surface area contributed by atoms with E-state index in [1.54, 1.807) is 24.1 Å². The largest absolute Gasteiger partial charge is 0.497 e. The van der Waals surface area contributed by atoms with Crippen LogP contribution in [0.5, 0.6) is 5.75 Å². The second-order valence-electron chi connectivity index (χ2n) is 6.51. The molecule has 4 rings (SSSR count). The molecular weight excluding hydrogens is 464 g/mol. The molecule has 1 fully saturated rings. The minimum absolute atomic E-state index is 0.00331. The minimum atomic E-state index is -0.187. The molecule has 0 saturated carbocycles. The smallest absolute Gasteiger partial charge is 0.261 e. The normalized spacial score (nSPS) is 16.5. The topological polar surface area (TPSA) is 51.7 Å². The fourth-order valence-electron chi connectivity index (χ4n) is 3.18. The number of nitrogens with zero attached hydrogens (tertiary/aromatic N) is 2. The molecule has 1 atom stereocenters. The number of fused-ring (bicyclic) bond motifs is 1. The van der Waals surface area contributed by atoms with E-state index in [0.29, 0.717) is 22.3 Å². The first-order chi connectivity index (χ1) is 13.5. The number of hydrogen-bond acceptors (Lipinski definition) is 5. The lowest BCUT2D eigenvalue weighted by Gasteiger charge is -2.23. The lowest BCUT2D eigenvalue weighted by atomic mass is 10.1. The van der Waals surface area contributed by atoms with Crippen molar-refractivity contribution in [1.82, 2.24) is 4.98 Å². The van der Waals surface area contributed by atoms with Crippen molar-refractivity contribution in [1.29, 1.82) is 0 Å². The fourth-order valence-corrected chi connectivity index (χ4v) is 4.70. The van der Waals surface area contributed by atoms with Crippen molar-refractivity contribution < 1.29 is 14.3 Å². The number of halogens is 2. The van der Waals surface area contributed by atoms with E-state index in [0.717, 1.165) is 39.9 Å². The summed E-state index contributed by atoms with van der Waals surface area (Å²) in [6.45, 7) is 1.17. The Bertz CT molecular complexity index is 1020. The summed E-state index contributed by atoms with van der Waals surface area (Å²) >= 11 is 11.2. The third kappa shape index (κ3) is 4.03. The Kier molecular flexibility index (Phi) is 5.87. The van der Waals surface area contributed by atoms with Crippen LogP contribution in [0.3, 0.4) is 0 Å². The van der Waals surface area contributed by atoms with E-state index >= 15 is 0 Å². The molecule has 2 heterocycles. The highest BCUT2D eigenvalue weighted by molar-refractivity contribution is 9.10. The highest BCUT2D eigenvalue weighted by Crippen LogP contribution is 2.34. The Morgan fingerprint density at radius 2 is 2.25 bits per heavy atom. The summed E-state index contributed by atoms with van der Waals surface area (Å²) in [5.74, 6) is 0.546. The van der Waals surface area contributed by atoms with Crippen molar-refractivity contribution in [3.63, 3.8) is 0 Å². The van der Waals surface area contributed by atoms with Gasteiger partial charge in [-0.05, 0) is 43.2 Å². The fraction of sp³-hybridized carbons (Fsp3) is 0.300. The number of carbonyl (C=O) groups is 1. The van der Waals surface area contributed by atoms with Crippen molar-refractivity contribution >= 4 is 60.1 Å². The first-order valence-electron chi connectivity index (χ1n) is 8.88. The Balaban J connectivity index is 1.74. The third-order valence-corrected chi connectivity index (χ3v) is 6.51. The standard InChI is InChI=1S/C20H18BrClN2O3S/c1-26-13-5-7-18-17(10-13)23-20(28-18)24(11-14-3-2-8-27-14)19(25)15-9-12(21)4-6-16(15)22/h4-7,9-10,14H,2-3,8,11H2,1H3. The number of hydrogen-bond donors (Lipinski definition) is 0. The van der Waals surface area contributed by atoms with Crippen LogP contribution in [0.1, 0.15) is 23.2 Å². The second-order valence-corrected chi connectivity index (χ2v) is 8.84. The maximum atomic E-state index is 13.4. The molecule has 1 unspecified atom stereocenters. The number of amides is 1. The highest BCUT2D eigenvalue weighted by Gasteiger charge is 2.28. The van der Waals surface area contributed by atoms with Crippen LogP contribution >= 0.6 is 38.9 Å². The van der Waals surface area contributed by atoms with Crippen LogP contribution in [0.25, 0.3) is 10.2 Å². The molecule has 1 aliphatic heterocycles. The lowest BCUT2D eigenvalue weighted by Crippen LogP contribution is -2.37. The summed E-state index contributed by atoms with van der Waals surface area (Å²) in [5, 5.41) is 1.04. The molecule has 3 aromatic rings. The van der Waals surface area contributed by atoms with Crippen molar-refractivity contribution in [3.8, 4) is 5.75 Å². The minimum Gasteiger partial charge on any atom is -0.497 e. The predicted octanol–water partition coefficient (Wildman–Crippen LogP) is 5.55. The van der Waals surface area contributed by atoms with Crippen LogP contribution in [0.4, 0.5) is 5.13 Å². The summed E-state index contributed by atoms with van der Waals surface area (Å²) < 4.78 is 12.8.